The van der Waals surface area contributed by atoms with Gasteiger partial charge in [-0.25, -0.2) is 9.78 Å². The molecule has 1 heterocycles. The van der Waals surface area contributed by atoms with Crippen LogP contribution < -0.4 is 10.9 Å². The van der Waals surface area contributed by atoms with Gasteiger partial charge in [-0.1, -0.05) is 12.1 Å². The SMILES string of the molecule is O=C(O)Nc1ccc(-c2c[nH]c(=O)cn2)cc1. The zero-order valence-electron chi connectivity index (χ0n) is 8.68. The van der Waals surface area contributed by atoms with Crippen LogP contribution in [0.25, 0.3) is 11.3 Å². The highest BCUT2D eigenvalue weighted by Crippen LogP contribution is 2.17. The minimum atomic E-state index is -1.11. The largest absolute Gasteiger partial charge is 0.465 e. The van der Waals surface area contributed by atoms with Crippen LogP contribution >= 0.6 is 0 Å². The van der Waals surface area contributed by atoms with Crippen molar-refractivity contribution in [1.82, 2.24) is 9.97 Å². The summed E-state index contributed by atoms with van der Waals surface area (Å²) >= 11 is 0. The first-order valence-corrected chi connectivity index (χ1v) is 4.80. The Labute approximate surface area is 96.0 Å². The molecular formula is C11H9N3O3. The fourth-order valence-corrected chi connectivity index (χ4v) is 1.35. The maximum absolute atomic E-state index is 10.8. The van der Waals surface area contributed by atoms with E-state index in [-0.39, 0.29) is 5.56 Å². The van der Waals surface area contributed by atoms with Gasteiger partial charge in [-0.05, 0) is 12.1 Å². The Hall–Kier alpha value is -2.63. The first kappa shape index (κ1) is 10.9. The summed E-state index contributed by atoms with van der Waals surface area (Å²) in [5.74, 6) is 0. The molecule has 0 aliphatic heterocycles. The average molecular weight is 231 g/mol. The van der Waals surface area contributed by atoms with Crippen molar-refractivity contribution in [3.05, 3.63) is 47.0 Å². The molecule has 1 aromatic heterocycles. The van der Waals surface area contributed by atoms with Gasteiger partial charge in [-0.15, -0.1) is 0 Å². The molecule has 0 bridgehead atoms. The van der Waals surface area contributed by atoms with Gasteiger partial charge in [-0.3, -0.25) is 10.1 Å². The van der Waals surface area contributed by atoms with Crippen LogP contribution in [-0.4, -0.2) is 21.2 Å². The van der Waals surface area contributed by atoms with Crippen LogP contribution in [0.4, 0.5) is 10.5 Å². The van der Waals surface area contributed by atoms with Gasteiger partial charge in [0.2, 0.25) is 0 Å². The minimum absolute atomic E-state index is 0.266. The summed E-state index contributed by atoms with van der Waals surface area (Å²) in [5, 5.41) is 10.8. The number of benzene rings is 1. The van der Waals surface area contributed by atoms with E-state index < -0.39 is 6.09 Å². The molecule has 0 atom stereocenters. The predicted molar refractivity (Wildman–Crippen MR) is 61.9 cm³/mol. The van der Waals surface area contributed by atoms with Gasteiger partial charge in [0.05, 0.1) is 11.9 Å². The van der Waals surface area contributed by atoms with Crippen LogP contribution in [0.15, 0.2) is 41.5 Å². The number of carboxylic acid groups (broad SMARTS) is 1. The zero-order chi connectivity index (χ0) is 12.3. The van der Waals surface area contributed by atoms with E-state index in [1.54, 1.807) is 24.3 Å². The summed E-state index contributed by atoms with van der Waals surface area (Å²) in [5.41, 5.74) is 1.62. The molecule has 0 saturated carbocycles. The third-order valence-electron chi connectivity index (χ3n) is 2.10. The topological polar surface area (TPSA) is 95.1 Å². The molecule has 6 heteroatoms. The van der Waals surface area contributed by atoms with Crippen molar-refractivity contribution in [1.29, 1.82) is 0 Å². The van der Waals surface area contributed by atoms with Crippen molar-refractivity contribution in [2.24, 2.45) is 0 Å². The molecule has 86 valence electrons. The standard InChI is InChI=1S/C11H9N3O3/c15-10-6-12-9(5-13-10)7-1-3-8(4-2-7)14-11(16)17/h1-6,14H,(H,13,15)(H,16,17). The number of carbonyl (C=O) groups is 1. The Balaban J connectivity index is 2.26. The van der Waals surface area contributed by atoms with E-state index in [2.05, 4.69) is 15.3 Å². The number of hydrogen-bond acceptors (Lipinski definition) is 3. The number of rotatable bonds is 2. The molecule has 0 fully saturated rings. The number of aromatic nitrogens is 2. The third kappa shape index (κ3) is 2.69. The Bertz CT molecular complexity index is 569. The van der Waals surface area contributed by atoms with E-state index in [0.717, 1.165) is 5.56 Å². The molecule has 6 nitrogen and oxygen atoms in total. The number of nitrogens with zero attached hydrogens (tertiary/aromatic N) is 1. The lowest BCUT2D eigenvalue weighted by Gasteiger charge is -2.02. The maximum atomic E-state index is 10.8. The van der Waals surface area contributed by atoms with Crippen molar-refractivity contribution in [3.8, 4) is 11.3 Å². The molecule has 0 saturated heterocycles. The number of nitrogens with one attached hydrogen (secondary N) is 2. The summed E-state index contributed by atoms with van der Waals surface area (Å²) < 4.78 is 0. The third-order valence-corrected chi connectivity index (χ3v) is 2.10. The van der Waals surface area contributed by atoms with Gasteiger partial charge in [0, 0.05) is 17.4 Å². The predicted octanol–water partition coefficient (Wildman–Crippen LogP) is 1.53. The fourth-order valence-electron chi connectivity index (χ4n) is 1.35. The molecule has 2 aromatic rings. The Morgan fingerprint density at radius 2 is 2.00 bits per heavy atom. The highest BCUT2D eigenvalue weighted by Gasteiger charge is 2.01. The lowest BCUT2D eigenvalue weighted by molar-refractivity contribution is 0.210. The Morgan fingerprint density at radius 3 is 2.53 bits per heavy atom. The highest BCUT2D eigenvalue weighted by atomic mass is 16.4. The molecule has 0 aliphatic carbocycles. The van der Waals surface area contributed by atoms with Crippen LogP contribution in [0.1, 0.15) is 0 Å². The molecule has 2 rings (SSSR count). The molecule has 3 N–H and O–H groups in total. The Morgan fingerprint density at radius 1 is 1.29 bits per heavy atom. The van der Waals surface area contributed by atoms with Crippen molar-refractivity contribution in [3.63, 3.8) is 0 Å². The maximum Gasteiger partial charge on any atom is 0.409 e. The van der Waals surface area contributed by atoms with Gasteiger partial charge in [0.1, 0.15) is 0 Å². The van der Waals surface area contributed by atoms with Crippen molar-refractivity contribution < 1.29 is 9.90 Å². The van der Waals surface area contributed by atoms with E-state index in [4.69, 9.17) is 5.11 Å². The van der Waals surface area contributed by atoms with Gasteiger partial charge < -0.3 is 10.1 Å². The zero-order valence-corrected chi connectivity index (χ0v) is 8.68. The van der Waals surface area contributed by atoms with Gasteiger partial charge in [0.15, 0.2) is 0 Å². The average Bonchev–Trinajstić information content (AvgIpc) is 2.30. The first-order chi connectivity index (χ1) is 8.15. The first-order valence-electron chi connectivity index (χ1n) is 4.80. The van der Waals surface area contributed by atoms with E-state index in [9.17, 15) is 9.59 Å². The molecule has 1 amide bonds. The van der Waals surface area contributed by atoms with Gasteiger partial charge in [0.25, 0.3) is 5.56 Å². The molecule has 0 radical (unpaired) electrons. The summed E-state index contributed by atoms with van der Waals surface area (Å²) in [6, 6.07) is 6.67. The molecule has 17 heavy (non-hydrogen) atoms. The molecule has 0 spiro atoms. The molecule has 0 unspecified atom stereocenters. The quantitative estimate of drug-likeness (QED) is 0.730. The summed E-state index contributed by atoms with van der Waals surface area (Å²) in [7, 11) is 0. The molecule has 1 aromatic carbocycles. The Kier molecular flexibility index (Phi) is 2.87. The number of aromatic amines is 1. The normalized spacial score (nSPS) is 9.88. The highest BCUT2D eigenvalue weighted by molar-refractivity contribution is 5.83. The lowest BCUT2D eigenvalue weighted by atomic mass is 10.1. The van der Waals surface area contributed by atoms with Gasteiger partial charge in [-0.2, -0.15) is 0 Å². The monoisotopic (exact) mass is 231 g/mol. The van der Waals surface area contributed by atoms with Crippen LogP contribution in [0.5, 0.6) is 0 Å². The molecular weight excluding hydrogens is 222 g/mol. The number of anilines is 1. The second-order valence-electron chi connectivity index (χ2n) is 3.30. The van der Waals surface area contributed by atoms with Crippen molar-refractivity contribution in [2.45, 2.75) is 0 Å². The lowest BCUT2D eigenvalue weighted by Crippen LogP contribution is -2.07. The van der Waals surface area contributed by atoms with E-state index >= 15 is 0 Å². The van der Waals surface area contributed by atoms with Crippen LogP contribution in [-0.2, 0) is 0 Å². The van der Waals surface area contributed by atoms with Crippen molar-refractivity contribution >= 4 is 11.8 Å². The summed E-state index contributed by atoms with van der Waals surface area (Å²) in [6.07, 6.45) is 1.58. The minimum Gasteiger partial charge on any atom is -0.465 e. The number of H-pyrrole nitrogens is 1. The number of amides is 1. The van der Waals surface area contributed by atoms with Gasteiger partial charge >= 0.3 is 6.09 Å². The summed E-state index contributed by atoms with van der Waals surface area (Å²) in [6.45, 7) is 0. The fraction of sp³-hybridized carbons (Fsp3) is 0. The van der Waals surface area contributed by atoms with Crippen LogP contribution in [0.2, 0.25) is 0 Å². The molecule has 0 aliphatic rings. The van der Waals surface area contributed by atoms with E-state index in [1.165, 1.54) is 12.4 Å². The van der Waals surface area contributed by atoms with Crippen LogP contribution in [0, 0.1) is 0 Å². The second-order valence-corrected chi connectivity index (χ2v) is 3.30. The van der Waals surface area contributed by atoms with E-state index in [1.807, 2.05) is 0 Å². The van der Waals surface area contributed by atoms with Crippen LogP contribution in [0.3, 0.4) is 0 Å². The van der Waals surface area contributed by atoms with E-state index in [0.29, 0.717) is 11.4 Å². The smallest absolute Gasteiger partial charge is 0.409 e. The second kappa shape index (κ2) is 4.48. The van der Waals surface area contributed by atoms with Crippen molar-refractivity contribution in [2.75, 3.05) is 5.32 Å². The summed E-state index contributed by atoms with van der Waals surface area (Å²) in [4.78, 5) is 27.7. The number of hydrogen-bond donors (Lipinski definition) is 3.